The quantitative estimate of drug-likeness (QED) is 0.853. The minimum absolute atomic E-state index is 0.115. The SMILES string of the molecule is Cn1c(N2CC(CN)CC2=O)nc2ccccc21. The fourth-order valence-electron chi connectivity index (χ4n) is 2.51. The van der Waals surface area contributed by atoms with Gasteiger partial charge >= 0.3 is 0 Å². The number of aromatic nitrogens is 2. The zero-order chi connectivity index (χ0) is 12.7. The van der Waals surface area contributed by atoms with Crippen LogP contribution in [0.1, 0.15) is 6.42 Å². The third-order valence-electron chi connectivity index (χ3n) is 3.54. The fraction of sp³-hybridized carbons (Fsp3) is 0.385. The van der Waals surface area contributed by atoms with E-state index in [2.05, 4.69) is 4.98 Å². The molecule has 2 aromatic rings. The molecule has 2 N–H and O–H groups in total. The number of hydrogen-bond acceptors (Lipinski definition) is 3. The Morgan fingerprint density at radius 2 is 2.22 bits per heavy atom. The molecule has 1 saturated heterocycles. The van der Waals surface area contributed by atoms with E-state index in [1.807, 2.05) is 35.9 Å². The third-order valence-corrected chi connectivity index (χ3v) is 3.54. The molecule has 1 aromatic carbocycles. The average Bonchev–Trinajstić information content (AvgIpc) is 2.91. The van der Waals surface area contributed by atoms with E-state index in [4.69, 9.17) is 5.73 Å². The predicted molar refractivity (Wildman–Crippen MR) is 70.2 cm³/mol. The molecule has 1 unspecified atom stereocenters. The van der Waals surface area contributed by atoms with Crippen molar-refractivity contribution in [2.75, 3.05) is 18.0 Å². The van der Waals surface area contributed by atoms with E-state index in [1.165, 1.54) is 0 Å². The largest absolute Gasteiger partial charge is 0.330 e. The molecular formula is C13H16N4O. The van der Waals surface area contributed by atoms with E-state index in [-0.39, 0.29) is 11.8 Å². The fourth-order valence-corrected chi connectivity index (χ4v) is 2.51. The molecule has 3 rings (SSSR count). The molecule has 0 saturated carbocycles. The molecule has 1 aliphatic heterocycles. The molecule has 1 aliphatic rings. The summed E-state index contributed by atoms with van der Waals surface area (Å²) < 4.78 is 1.96. The summed E-state index contributed by atoms with van der Waals surface area (Å²) in [6.45, 7) is 1.22. The summed E-state index contributed by atoms with van der Waals surface area (Å²) in [4.78, 5) is 18.3. The molecule has 0 radical (unpaired) electrons. The van der Waals surface area contributed by atoms with E-state index in [0.717, 1.165) is 17.0 Å². The third kappa shape index (κ3) is 1.59. The Balaban J connectivity index is 2.04. The second kappa shape index (κ2) is 4.10. The Morgan fingerprint density at radius 1 is 1.44 bits per heavy atom. The molecule has 18 heavy (non-hydrogen) atoms. The van der Waals surface area contributed by atoms with Crippen molar-refractivity contribution in [1.82, 2.24) is 9.55 Å². The number of imidazole rings is 1. The number of benzene rings is 1. The second-order valence-electron chi connectivity index (χ2n) is 4.77. The van der Waals surface area contributed by atoms with Crippen LogP contribution in [0.3, 0.4) is 0 Å². The molecular weight excluding hydrogens is 228 g/mol. The van der Waals surface area contributed by atoms with Gasteiger partial charge in [0.05, 0.1) is 11.0 Å². The number of nitrogens with two attached hydrogens (primary N) is 1. The maximum absolute atomic E-state index is 12.0. The smallest absolute Gasteiger partial charge is 0.229 e. The molecule has 5 heteroatoms. The highest BCUT2D eigenvalue weighted by atomic mass is 16.2. The predicted octanol–water partition coefficient (Wildman–Crippen LogP) is 0.885. The highest BCUT2D eigenvalue weighted by molar-refractivity contribution is 5.96. The number of aryl methyl sites for hydroxylation is 1. The zero-order valence-electron chi connectivity index (χ0n) is 10.3. The Labute approximate surface area is 105 Å². The van der Waals surface area contributed by atoms with Gasteiger partial charge in [-0.2, -0.15) is 0 Å². The lowest BCUT2D eigenvalue weighted by Crippen LogP contribution is -2.28. The molecule has 1 amide bonds. The van der Waals surface area contributed by atoms with Gasteiger partial charge in [-0.3, -0.25) is 9.69 Å². The maximum Gasteiger partial charge on any atom is 0.229 e. The standard InChI is InChI=1S/C13H16N4O/c1-16-11-5-3-2-4-10(11)15-13(16)17-8-9(7-14)6-12(17)18/h2-5,9H,6-8,14H2,1H3. The van der Waals surface area contributed by atoms with Crippen LogP contribution in [-0.2, 0) is 11.8 Å². The first-order chi connectivity index (χ1) is 8.70. The van der Waals surface area contributed by atoms with E-state index in [9.17, 15) is 4.79 Å². The number of carbonyl (C=O) groups excluding carboxylic acids is 1. The van der Waals surface area contributed by atoms with E-state index < -0.39 is 0 Å². The maximum atomic E-state index is 12.0. The Hall–Kier alpha value is -1.88. The highest BCUT2D eigenvalue weighted by Crippen LogP contribution is 2.26. The summed E-state index contributed by atoms with van der Waals surface area (Å²) in [7, 11) is 1.94. The van der Waals surface area contributed by atoms with Crippen LogP contribution >= 0.6 is 0 Å². The van der Waals surface area contributed by atoms with Crippen LogP contribution in [0.4, 0.5) is 5.95 Å². The monoisotopic (exact) mass is 244 g/mol. The van der Waals surface area contributed by atoms with Gasteiger partial charge in [-0.25, -0.2) is 4.98 Å². The van der Waals surface area contributed by atoms with Gasteiger partial charge in [-0.1, -0.05) is 12.1 Å². The van der Waals surface area contributed by atoms with Gasteiger partial charge < -0.3 is 10.3 Å². The summed E-state index contributed by atoms with van der Waals surface area (Å²) >= 11 is 0. The average molecular weight is 244 g/mol. The van der Waals surface area contributed by atoms with Crippen molar-refractivity contribution in [2.24, 2.45) is 18.7 Å². The number of fused-ring (bicyclic) bond motifs is 1. The van der Waals surface area contributed by atoms with E-state index in [0.29, 0.717) is 19.5 Å². The lowest BCUT2D eigenvalue weighted by atomic mass is 10.1. The second-order valence-corrected chi connectivity index (χ2v) is 4.77. The number of rotatable bonds is 2. The summed E-state index contributed by atoms with van der Waals surface area (Å²) in [5.74, 6) is 1.08. The van der Waals surface area contributed by atoms with Crippen LogP contribution in [0.25, 0.3) is 11.0 Å². The zero-order valence-corrected chi connectivity index (χ0v) is 10.3. The number of hydrogen-bond donors (Lipinski definition) is 1. The van der Waals surface area contributed by atoms with Crippen molar-refractivity contribution >= 4 is 22.9 Å². The van der Waals surface area contributed by atoms with Gasteiger partial charge in [0.1, 0.15) is 0 Å². The topological polar surface area (TPSA) is 64.2 Å². The van der Waals surface area contributed by atoms with Crippen LogP contribution in [0.5, 0.6) is 0 Å². The molecule has 0 aliphatic carbocycles. The number of carbonyl (C=O) groups is 1. The van der Waals surface area contributed by atoms with Crippen molar-refractivity contribution < 1.29 is 4.79 Å². The van der Waals surface area contributed by atoms with E-state index in [1.54, 1.807) is 4.90 Å². The van der Waals surface area contributed by atoms with Gasteiger partial charge in [0.15, 0.2) is 0 Å². The van der Waals surface area contributed by atoms with Crippen molar-refractivity contribution in [2.45, 2.75) is 6.42 Å². The number of para-hydroxylation sites is 2. The first-order valence-corrected chi connectivity index (χ1v) is 6.12. The summed E-state index contributed by atoms with van der Waals surface area (Å²) in [6, 6.07) is 7.89. The Morgan fingerprint density at radius 3 is 2.89 bits per heavy atom. The summed E-state index contributed by atoms with van der Waals surface area (Å²) in [6.07, 6.45) is 0.527. The summed E-state index contributed by atoms with van der Waals surface area (Å²) in [5.41, 5.74) is 7.60. The number of amides is 1. The van der Waals surface area contributed by atoms with Gasteiger partial charge in [0.2, 0.25) is 11.9 Å². The molecule has 0 spiro atoms. The van der Waals surface area contributed by atoms with Crippen molar-refractivity contribution in [3.8, 4) is 0 Å². The molecule has 94 valence electrons. The van der Waals surface area contributed by atoms with Gasteiger partial charge in [-0.15, -0.1) is 0 Å². The van der Waals surface area contributed by atoms with Crippen molar-refractivity contribution in [3.05, 3.63) is 24.3 Å². The first kappa shape index (κ1) is 11.2. The Bertz CT molecular complexity index is 604. The lowest BCUT2D eigenvalue weighted by molar-refractivity contribution is -0.117. The van der Waals surface area contributed by atoms with Crippen LogP contribution in [0.2, 0.25) is 0 Å². The number of anilines is 1. The van der Waals surface area contributed by atoms with Crippen molar-refractivity contribution in [1.29, 1.82) is 0 Å². The van der Waals surface area contributed by atoms with Crippen LogP contribution in [-0.4, -0.2) is 28.5 Å². The highest BCUT2D eigenvalue weighted by Gasteiger charge is 2.32. The van der Waals surface area contributed by atoms with E-state index >= 15 is 0 Å². The molecule has 5 nitrogen and oxygen atoms in total. The lowest BCUT2D eigenvalue weighted by Gasteiger charge is -2.15. The normalized spacial score (nSPS) is 20.0. The first-order valence-electron chi connectivity index (χ1n) is 6.12. The minimum Gasteiger partial charge on any atom is -0.330 e. The van der Waals surface area contributed by atoms with Gasteiger partial charge in [-0.05, 0) is 24.6 Å². The molecule has 1 atom stereocenters. The van der Waals surface area contributed by atoms with Gasteiger partial charge in [0, 0.05) is 20.0 Å². The molecule has 1 aromatic heterocycles. The summed E-state index contributed by atoms with van der Waals surface area (Å²) in [5, 5.41) is 0. The Kier molecular flexibility index (Phi) is 2.56. The van der Waals surface area contributed by atoms with Crippen LogP contribution in [0, 0.1) is 5.92 Å². The number of nitrogens with zero attached hydrogens (tertiary/aromatic N) is 3. The van der Waals surface area contributed by atoms with Crippen molar-refractivity contribution in [3.63, 3.8) is 0 Å². The molecule has 2 heterocycles. The minimum atomic E-state index is 0.115. The molecule has 0 bridgehead atoms. The van der Waals surface area contributed by atoms with Gasteiger partial charge in [0.25, 0.3) is 0 Å². The molecule has 1 fully saturated rings. The van der Waals surface area contributed by atoms with Crippen LogP contribution in [0.15, 0.2) is 24.3 Å². The van der Waals surface area contributed by atoms with Crippen LogP contribution < -0.4 is 10.6 Å².